The Morgan fingerprint density at radius 1 is 1.53 bits per heavy atom. The van der Waals surface area contributed by atoms with Crippen molar-refractivity contribution in [2.75, 3.05) is 5.32 Å². The van der Waals surface area contributed by atoms with Crippen molar-refractivity contribution >= 4 is 27.4 Å². The minimum Gasteiger partial charge on any atom is -0.334 e. The summed E-state index contributed by atoms with van der Waals surface area (Å²) in [5.41, 5.74) is 0.419. The third-order valence-corrected chi connectivity index (χ3v) is 2.81. The van der Waals surface area contributed by atoms with Crippen molar-refractivity contribution in [2.45, 2.75) is 13.5 Å². The number of aromatic nitrogens is 3. The Bertz CT molecular complexity index is 587. The fraction of sp³-hybridized carbons (Fsp3) is 0.273. The minimum absolute atomic E-state index is 0.0840. The molecule has 0 fully saturated rings. The van der Waals surface area contributed by atoms with E-state index >= 15 is 0 Å². The maximum absolute atomic E-state index is 11.8. The van der Waals surface area contributed by atoms with E-state index in [-0.39, 0.29) is 5.56 Å². The summed E-state index contributed by atoms with van der Waals surface area (Å²) < 4.78 is 4.16. The van der Waals surface area contributed by atoms with Gasteiger partial charge in [-0.2, -0.15) is 5.10 Å². The first-order chi connectivity index (χ1) is 8.10. The van der Waals surface area contributed by atoms with Crippen LogP contribution >= 0.6 is 15.9 Å². The average molecular weight is 297 g/mol. The fourth-order valence-electron chi connectivity index (χ4n) is 1.50. The van der Waals surface area contributed by atoms with Crippen LogP contribution in [0.25, 0.3) is 0 Å². The number of aryl methyl sites for hydroxylation is 2. The van der Waals surface area contributed by atoms with Gasteiger partial charge in [-0.05, 0) is 28.9 Å². The zero-order chi connectivity index (χ0) is 12.4. The standard InChI is InChI=1S/C11H13BrN4O/c1-3-16-5-4-10(14-16)13-9-6-8(12)7-15(2)11(9)17/h4-7H,3H2,1-2H3,(H,13,14). The molecule has 90 valence electrons. The first kappa shape index (κ1) is 11.9. The van der Waals surface area contributed by atoms with Crippen molar-refractivity contribution in [3.8, 4) is 0 Å². The van der Waals surface area contributed by atoms with Crippen molar-refractivity contribution in [3.05, 3.63) is 39.4 Å². The first-order valence-corrected chi connectivity index (χ1v) is 6.06. The summed E-state index contributed by atoms with van der Waals surface area (Å²) in [4.78, 5) is 11.8. The van der Waals surface area contributed by atoms with Crippen LogP contribution in [0.5, 0.6) is 0 Å². The molecule has 0 amide bonds. The van der Waals surface area contributed by atoms with Gasteiger partial charge < -0.3 is 9.88 Å². The maximum Gasteiger partial charge on any atom is 0.274 e. The molecule has 1 N–H and O–H groups in total. The van der Waals surface area contributed by atoms with Crippen molar-refractivity contribution in [2.24, 2.45) is 7.05 Å². The zero-order valence-corrected chi connectivity index (χ0v) is 11.2. The van der Waals surface area contributed by atoms with E-state index in [0.717, 1.165) is 11.0 Å². The molecule has 5 nitrogen and oxygen atoms in total. The van der Waals surface area contributed by atoms with Gasteiger partial charge in [0.05, 0.1) is 0 Å². The van der Waals surface area contributed by atoms with Gasteiger partial charge in [-0.15, -0.1) is 0 Å². The topological polar surface area (TPSA) is 51.9 Å². The second-order valence-corrected chi connectivity index (χ2v) is 4.59. The third kappa shape index (κ3) is 2.58. The van der Waals surface area contributed by atoms with Crippen LogP contribution in [0, 0.1) is 0 Å². The monoisotopic (exact) mass is 296 g/mol. The molecule has 17 heavy (non-hydrogen) atoms. The van der Waals surface area contributed by atoms with Crippen LogP contribution in [0.1, 0.15) is 6.92 Å². The number of hydrogen-bond donors (Lipinski definition) is 1. The molecule has 2 aromatic rings. The summed E-state index contributed by atoms with van der Waals surface area (Å²) in [5, 5.41) is 7.28. The number of hydrogen-bond acceptors (Lipinski definition) is 3. The molecule has 0 saturated carbocycles. The highest BCUT2D eigenvalue weighted by atomic mass is 79.9. The maximum atomic E-state index is 11.8. The van der Waals surface area contributed by atoms with Gasteiger partial charge in [0, 0.05) is 36.5 Å². The van der Waals surface area contributed by atoms with Crippen LogP contribution in [-0.4, -0.2) is 14.3 Å². The largest absolute Gasteiger partial charge is 0.334 e. The Hall–Kier alpha value is -1.56. The molecule has 0 unspecified atom stereocenters. The van der Waals surface area contributed by atoms with Gasteiger partial charge in [0.25, 0.3) is 5.56 Å². The van der Waals surface area contributed by atoms with Crippen LogP contribution in [0.3, 0.4) is 0 Å². The molecule has 2 aromatic heterocycles. The van der Waals surface area contributed by atoms with E-state index < -0.39 is 0 Å². The lowest BCUT2D eigenvalue weighted by Crippen LogP contribution is -2.19. The molecule has 0 spiro atoms. The summed E-state index contributed by atoms with van der Waals surface area (Å²) in [5.74, 6) is 0.669. The summed E-state index contributed by atoms with van der Waals surface area (Å²) >= 11 is 3.35. The van der Waals surface area contributed by atoms with Crippen molar-refractivity contribution in [1.29, 1.82) is 0 Å². The Morgan fingerprint density at radius 3 is 2.94 bits per heavy atom. The lowest BCUT2D eigenvalue weighted by Gasteiger charge is -2.05. The van der Waals surface area contributed by atoms with Gasteiger partial charge in [-0.3, -0.25) is 9.48 Å². The molecule has 0 aliphatic rings. The Kier molecular flexibility index (Phi) is 3.33. The van der Waals surface area contributed by atoms with Crippen LogP contribution < -0.4 is 10.9 Å². The highest BCUT2D eigenvalue weighted by Gasteiger charge is 2.05. The molecule has 2 rings (SSSR count). The van der Waals surface area contributed by atoms with E-state index in [0.29, 0.717) is 11.5 Å². The van der Waals surface area contributed by atoms with Crippen LogP contribution in [0.2, 0.25) is 0 Å². The molecular weight excluding hydrogens is 284 g/mol. The number of rotatable bonds is 3. The van der Waals surface area contributed by atoms with E-state index in [1.807, 2.05) is 19.2 Å². The molecule has 0 atom stereocenters. The van der Waals surface area contributed by atoms with E-state index in [1.165, 1.54) is 4.57 Å². The summed E-state index contributed by atoms with van der Waals surface area (Å²) in [6, 6.07) is 3.58. The highest BCUT2D eigenvalue weighted by Crippen LogP contribution is 2.15. The molecule has 0 bridgehead atoms. The number of pyridine rings is 1. The van der Waals surface area contributed by atoms with E-state index in [1.54, 1.807) is 24.0 Å². The Morgan fingerprint density at radius 2 is 2.29 bits per heavy atom. The third-order valence-electron chi connectivity index (χ3n) is 2.38. The first-order valence-electron chi connectivity index (χ1n) is 5.27. The number of anilines is 2. The van der Waals surface area contributed by atoms with Gasteiger partial charge in [0.2, 0.25) is 0 Å². The Balaban J connectivity index is 2.32. The van der Waals surface area contributed by atoms with Gasteiger partial charge in [0.15, 0.2) is 5.82 Å². The highest BCUT2D eigenvalue weighted by molar-refractivity contribution is 9.10. The number of halogens is 1. The van der Waals surface area contributed by atoms with E-state index in [9.17, 15) is 4.79 Å². The van der Waals surface area contributed by atoms with Crippen molar-refractivity contribution in [3.63, 3.8) is 0 Å². The van der Waals surface area contributed by atoms with E-state index in [4.69, 9.17) is 0 Å². The van der Waals surface area contributed by atoms with E-state index in [2.05, 4.69) is 26.3 Å². The molecule has 0 aromatic carbocycles. The minimum atomic E-state index is -0.0840. The second kappa shape index (κ2) is 4.75. The lowest BCUT2D eigenvalue weighted by molar-refractivity contribution is 0.662. The van der Waals surface area contributed by atoms with Crippen LogP contribution in [-0.2, 0) is 13.6 Å². The lowest BCUT2D eigenvalue weighted by atomic mass is 10.4. The summed E-state index contributed by atoms with van der Waals surface area (Å²) in [6.45, 7) is 2.81. The molecule has 0 saturated heterocycles. The molecule has 0 aliphatic heterocycles. The summed E-state index contributed by atoms with van der Waals surface area (Å²) in [7, 11) is 1.71. The molecule has 6 heteroatoms. The predicted octanol–water partition coefficient (Wildman–Crippen LogP) is 2.11. The number of nitrogens with one attached hydrogen (secondary N) is 1. The average Bonchev–Trinajstić information content (AvgIpc) is 2.73. The van der Waals surface area contributed by atoms with Crippen LogP contribution in [0.4, 0.5) is 11.5 Å². The van der Waals surface area contributed by atoms with Gasteiger partial charge in [-0.1, -0.05) is 0 Å². The van der Waals surface area contributed by atoms with Crippen LogP contribution in [0.15, 0.2) is 33.8 Å². The fourth-order valence-corrected chi connectivity index (χ4v) is 2.04. The van der Waals surface area contributed by atoms with Crippen molar-refractivity contribution < 1.29 is 0 Å². The molecule has 0 radical (unpaired) electrons. The predicted molar refractivity (Wildman–Crippen MR) is 70.6 cm³/mol. The van der Waals surface area contributed by atoms with Crippen molar-refractivity contribution in [1.82, 2.24) is 14.3 Å². The quantitative estimate of drug-likeness (QED) is 0.944. The second-order valence-electron chi connectivity index (χ2n) is 3.67. The Labute approximate surface area is 107 Å². The molecular formula is C11H13BrN4O. The normalized spacial score (nSPS) is 10.5. The van der Waals surface area contributed by atoms with Gasteiger partial charge in [-0.25, -0.2) is 0 Å². The van der Waals surface area contributed by atoms with Gasteiger partial charge >= 0.3 is 0 Å². The number of nitrogens with zero attached hydrogens (tertiary/aromatic N) is 3. The SMILES string of the molecule is CCn1ccc(Nc2cc(Br)cn(C)c2=O)n1. The molecule has 2 heterocycles. The zero-order valence-electron chi connectivity index (χ0n) is 9.64. The summed E-state index contributed by atoms with van der Waals surface area (Å²) in [6.07, 6.45) is 3.59. The van der Waals surface area contributed by atoms with Gasteiger partial charge in [0.1, 0.15) is 5.69 Å². The molecule has 0 aliphatic carbocycles. The smallest absolute Gasteiger partial charge is 0.274 e.